The first-order chi connectivity index (χ1) is 12.7. The summed E-state index contributed by atoms with van der Waals surface area (Å²) in [5, 5.41) is 16.1. The zero-order chi connectivity index (χ0) is 17.9. The molecule has 0 atom stereocenters. The molecule has 4 aromatic rings. The SMILES string of the molecule is N#Cc1ccc(-c2cc(NC(=O)c3ccccc3)cc3ncnn23)cc1. The summed E-state index contributed by atoms with van der Waals surface area (Å²) in [5.41, 5.74) is 4.04. The van der Waals surface area contributed by atoms with Gasteiger partial charge in [0.15, 0.2) is 5.65 Å². The average molecular weight is 339 g/mol. The Balaban J connectivity index is 1.75. The number of nitrogens with zero attached hydrogens (tertiary/aromatic N) is 4. The number of hydrogen-bond donors (Lipinski definition) is 1. The van der Waals surface area contributed by atoms with E-state index in [0.717, 1.165) is 11.3 Å². The highest BCUT2D eigenvalue weighted by molar-refractivity contribution is 6.04. The van der Waals surface area contributed by atoms with Gasteiger partial charge in [-0.25, -0.2) is 9.50 Å². The second-order valence-electron chi connectivity index (χ2n) is 5.67. The van der Waals surface area contributed by atoms with Gasteiger partial charge in [-0.1, -0.05) is 30.3 Å². The van der Waals surface area contributed by atoms with Gasteiger partial charge < -0.3 is 5.32 Å². The fraction of sp³-hybridized carbons (Fsp3) is 0. The van der Waals surface area contributed by atoms with Crippen LogP contribution in [0.1, 0.15) is 15.9 Å². The van der Waals surface area contributed by atoms with Crippen LogP contribution in [0, 0.1) is 11.3 Å². The first-order valence-corrected chi connectivity index (χ1v) is 7.95. The molecule has 2 aromatic carbocycles. The Bertz CT molecular complexity index is 1120. The molecule has 0 spiro atoms. The Morgan fingerprint density at radius 2 is 1.81 bits per heavy atom. The van der Waals surface area contributed by atoms with Crippen LogP contribution in [0.5, 0.6) is 0 Å². The van der Waals surface area contributed by atoms with Crippen LogP contribution in [0.2, 0.25) is 0 Å². The molecule has 0 unspecified atom stereocenters. The zero-order valence-corrected chi connectivity index (χ0v) is 13.6. The quantitative estimate of drug-likeness (QED) is 0.619. The number of nitriles is 1. The van der Waals surface area contributed by atoms with Crippen molar-refractivity contribution in [3.8, 4) is 17.3 Å². The van der Waals surface area contributed by atoms with E-state index in [2.05, 4.69) is 21.5 Å². The average Bonchev–Trinajstić information content (AvgIpc) is 3.16. The number of carbonyl (C=O) groups is 1. The van der Waals surface area contributed by atoms with Gasteiger partial charge in [0.2, 0.25) is 0 Å². The number of rotatable bonds is 3. The lowest BCUT2D eigenvalue weighted by molar-refractivity contribution is 0.102. The number of hydrogen-bond acceptors (Lipinski definition) is 4. The number of amides is 1. The molecular weight excluding hydrogens is 326 g/mol. The minimum Gasteiger partial charge on any atom is -0.322 e. The van der Waals surface area contributed by atoms with Crippen molar-refractivity contribution in [1.82, 2.24) is 14.6 Å². The third-order valence-electron chi connectivity index (χ3n) is 3.98. The molecule has 1 N–H and O–H groups in total. The third kappa shape index (κ3) is 2.89. The lowest BCUT2D eigenvalue weighted by atomic mass is 10.1. The number of anilines is 1. The van der Waals surface area contributed by atoms with Crippen molar-refractivity contribution in [2.24, 2.45) is 0 Å². The lowest BCUT2D eigenvalue weighted by Crippen LogP contribution is -2.12. The number of nitrogens with one attached hydrogen (secondary N) is 1. The molecule has 0 saturated carbocycles. The highest BCUT2D eigenvalue weighted by Crippen LogP contribution is 2.25. The van der Waals surface area contributed by atoms with Gasteiger partial charge in [0.05, 0.1) is 17.3 Å². The highest BCUT2D eigenvalue weighted by atomic mass is 16.1. The minimum atomic E-state index is -0.194. The van der Waals surface area contributed by atoms with Crippen LogP contribution >= 0.6 is 0 Å². The summed E-state index contributed by atoms with van der Waals surface area (Å²) in [4.78, 5) is 16.7. The van der Waals surface area contributed by atoms with Crippen LogP contribution in [0.15, 0.2) is 73.1 Å². The Hall–Kier alpha value is -3.98. The third-order valence-corrected chi connectivity index (χ3v) is 3.98. The van der Waals surface area contributed by atoms with E-state index in [1.54, 1.807) is 34.8 Å². The first-order valence-electron chi connectivity index (χ1n) is 7.95. The van der Waals surface area contributed by atoms with E-state index in [9.17, 15) is 4.79 Å². The Morgan fingerprint density at radius 1 is 1.04 bits per heavy atom. The van der Waals surface area contributed by atoms with Crippen LogP contribution in [0.3, 0.4) is 0 Å². The van der Waals surface area contributed by atoms with Gasteiger partial charge in [-0.15, -0.1) is 0 Å². The molecule has 0 bridgehead atoms. The van der Waals surface area contributed by atoms with Crippen LogP contribution < -0.4 is 5.32 Å². The van der Waals surface area contributed by atoms with E-state index in [1.165, 1.54) is 6.33 Å². The van der Waals surface area contributed by atoms with Gasteiger partial charge in [-0.2, -0.15) is 10.4 Å². The highest BCUT2D eigenvalue weighted by Gasteiger charge is 2.11. The second kappa shape index (κ2) is 6.49. The van der Waals surface area contributed by atoms with Crippen LogP contribution in [-0.2, 0) is 0 Å². The molecule has 6 nitrogen and oxygen atoms in total. The van der Waals surface area contributed by atoms with Gasteiger partial charge in [-0.05, 0) is 30.3 Å². The zero-order valence-electron chi connectivity index (χ0n) is 13.6. The van der Waals surface area contributed by atoms with Crippen LogP contribution in [-0.4, -0.2) is 20.5 Å². The number of benzene rings is 2. The largest absolute Gasteiger partial charge is 0.322 e. The molecule has 0 aliphatic carbocycles. The minimum absolute atomic E-state index is 0.194. The molecule has 0 aliphatic heterocycles. The predicted molar refractivity (Wildman–Crippen MR) is 97.5 cm³/mol. The molecule has 1 amide bonds. The van der Waals surface area contributed by atoms with E-state index in [0.29, 0.717) is 22.5 Å². The summed E-state index contributed by atoms with van der Waals surface area (Å²) < 4.78 is 1.69. The molecule has 26 heavy (non-hydrogen) atoms. The normalized spacial score (nSPS) is 10.4. The van der Waals surface area contributed by atoms with Crippen molar-refractivity contribution < 1.29 is 4.79 Å². The van der Waals surface area contributed by atoms with Crippen molar-refractivity contribution in [2.75, 3.05) is 5.32 Å². The molecule has 0 aliphatic rings. The van der Waals surface area contributed by atoms with Gasteiger partial charge in [0.1, 0.15) is 6.33 Å². The molecule has 6 heteroatoms. The van der Waals surface area contributed by atoms with Crippen LogP contribution in [0.4, 0.5) is 5.69 Å². The molecule has 0 saturated heterocycles. The monoisotopic (exact) mass is 339 g/mol. The Labute approximate surface area is 149 Å². The maximum absolute atomic E-state index is 12.4. The maximum atomic E-state index is 12.4. The Kier molecular flexibility index (Phi) is 3.88. The summed E-state index contributed by atoms with van der Waals surface area (Å²) in [5.74, 6) is -0.194. The summed E-state index contributed by atoms with van der Waals surface area (Å²) in [6.07, 6.45) is 1.46. The molecule has 124 valence electrons. The summed E-state index contributed by atoms with van der Waals surface area (Å²) in [6.45, 7) is 0. The second-order valence-corrected chi connectivity index (χ2v) is 5.67. The predicted octanol–water partition coefficient (Wildman–Crippen LogP) is 3.52. The molecule has 2 aromatic heterocycles. The standard InChI is InChI=1S/C20H13N5O/c21-12-14-6-8-15(9-7-14)18-10-17(11-19-22-13-23-25(18)19)24-20(26)16-4-2-1-3-5-16/h1-11,13H,(H,24,26). The number of fused-ring (bicyclic) bond motifs is 1. The van der Waals surface area contributed by atoms with E-state index < -0.39 is 0 Å². The van der Waals surface area contributed by atoms with Crippen molar-refractivity contribution in [1.29, 1.82) is 5.26 Å². The van der Waals surface area contributed by atoms with Crippen molar-refractivity contribution in [3.05, 3.63) is 84.2 Å². The molecule has 2 heterocycles. The van der Waals surface area contributed by atoms with Gasteiger partial charge in [-0.3, -0.25) is 4.79 Å². The number of aromatic nitrogens is 3. The molecular formula is C20H13N5O. The van der Waals surface area contributed by atoms with E-state index in [4.69, 9.17) is 5.26 Å². The molecule has 0 radical (unpaired) electrons. The van der Waals surface area contributed by atoms with Crippen molar-refractivity contribution in [2.45, 2.75) is 0 Å². The molecule has 0 fully saturated rings. The summed E-state index contributed by atoms with van der Waals surface area (Å²) >= 11 is 0. The first kappa shape index (κ1) is 15.5. The van der Waals surface area contributed by atoms with Crippen molar-refractivity contribution >= 4 is 17.2 Å². The van der Waals surface area contributed by atoms with E-state index in [1.807, 2.05) is 36.4 Å². The fourth-order valence-corrected chi connectivity index (χ4v) is 2.71. The molecule has 4 rings (SSSR count). The van der Waals surface area contributed by atoms with Gasteiger partial charge in [0, 0.05) is 22.9 Å². The number of pyridine rings is 1. The number of carbonyl (C=O) groups excluding carboxylic acids is 1. The summed E-state index contributed by atoms with van der Waals surface area (Å²) in [7, 11) is 0. The van der Waals surface area contributed by atoms with Gasteiger partial charge >= 0.3 is 0 Å². The smallest absolute Gasteiger partial charge is 0.255 e. The fourth-order valence-electron chi connectivity index (χ4n) is 2.71. The van der Waals surface area contributed by atoms with Crippen LogP contribution in [0.25, 0.3) is 16.9 Å². The maximum Gasteiger partial charge on any atom is 0.255 e. The Morgan fingerprint density at radius 3 is 2.54 bits per heavy atom. The van der Waals surface area contributed by atoms with E-state index >= 15 is 0 Å². The van der Waals surface area contributed by atoms with Crippen molar-refractivity contribution in [3.63, 3.8) is 0 Å². The van der Waals surface area contributed by atoms with E-state index in [-0.39, 0.29) is 5.91 Å². The lowest BCUT2D eigenvalue weighted by Gasteiger charge is -2.10. The summed E-state index contributed by atoms with van der Waals surface area (Å²) in [6, 6.07) is 21.9. The topological polar surface area (TPSA) is 83.1 Å². The van der Waals surface area contributed by atoms with Gasteiger partial charge in [0.25, 0.3) is 5.91 Å².